The number of anilines is 2. The van der Waals surface area contributed by atoms with Crippen molar-refractivity contribution in [3.63, 3.8) is 0 Å². The average molecular weight is 296 g/mol. The molecule has 0 amide bonds. The Morgan fingerprint density at radius 3 is 2.70 bits per heavy atom. The maximum Gasteiger partial charge on any atom is 0.191 e. The van der Waals surface area contributed by atoms with Gasteiger partial charge in [-0.1, -0.05) is 18.7 Å². The lowest BCUT2D eigenvalue weighted by molar-refractivity contribution is 0.108. The van der Waals surface area contributed by atoms with Gasteiger partial charge < -0.3 is 15.4 Å². The van der Waals surface area contributed by atoms with Crippen LogP contribution in [0, 0.1) is 5.92 Å². The zero-order chi connectivity index (χ0) is 14.4. The lowest BCUT2D eigenvalue weighted by Gasteiger charge is -2.16. The Labute approximate surface area is 125 Å². The van der Waals surface area contributed by atoms with Crippen molar-refractivity contribution in [1.29, 1.82) is 0 Å². The number of ether oxygens (including phenoxy) is 1. The monoisotopic (exact) mass is 296 g/mol. The maximum absolute atomic E-state index is 5.59. The summed E-state index contributed by atoms with van der Waals surface area (Å²) in [6, 6.07) is 1.98. The lowest BCUT2D eigenvalue weighted by atomic mass is 10.0. The van der Waals surface area contributed by atoms with E-state index in [1.54, 1.807) is 11.8 Å². The van der Waals surface area contributed by atoms with Crippen LogP contribution in [0.4, 0.5) is 11.6 Å². The molecule has 1 aliphatic rings. The van der Waals surface area contributed by atoms with E-state index in [-0.39, 0.29) is 0 Å². The van der Waals surface area contributed by atoms with Crippen molar-refractivity contribution in [2.45, 2.75) is 37.9 Å². The first kappa shape index (κ1) is 15.4. The van der Waals surface area contributed by atoms with Crippen molar-refractivity contribution in [1.82, 2.24) is 9.97 Å². The highest BCUT2D eigenvalue weighted by atomic mass is 32.2. The maximum atomic E-state index is 5.59. The summed E-state index contributed by atoms with van der Waals surface area (Å²) >= 11 is 1.56. The number of nitrogens with zero attached hydrogens (tertiary/aromatic N) is 2. The molecule has 2 heterocycles. The molecule has 2 N–H and O–H groups in total. The first-order chi connectivity index (χ1) is 9.72. The van der Waals surface area contributed by atoms with Crippen molar-refractivity contribution < 1.29 is 4.74 Å². The van der Waals surface area contributed by atoms with E-state index in [0.717, 1.165) is 49.3 Å². The van der Waals surface area contributed by atoms with Crippen molar-refractivity contribution >= 4 is 23.4 Å². The third-order valence-electron chi connectivity index (χ3n) is 3.52. The van der Waals surface area contributed by atoms with Crippen molar-refractivity contribution in [2.75, 3.05) is 36.6 Å². The third-order valence-corrected chi connectivity index (χ3v) is 4.07. The molecule has 0 radical (unpaired) electrons. The molecular formula is C14H24N4OS. The summed E-state index contributed by atoms with van der Waals surface area (Å²) in [5.74, 6) is 2.35. The molecular weight excluding hydrogens is 272 g/mol. The summed E-state index contributed by atoms with van der Waals surface area (Å²) in [6.07, 6.45) is 4.53. The van der Waals surface area contributed by atoms with Gasteiger partial charge in [-0.3, -0.25) is 0 Å². The van der Waals surface area contributed by atoms with Crippen molar-refractivity contribution in [3.05, 3.63) is 6.07 Å². The minimum Gasteiger partial charge on any atom is -0.378 e. The summed E-state index contributed by atoms with van der Waals surface area (Å²) in [5.41, 5.74) is 0. The highest BCUT2D eigenvalue weighted by molar-refractivity contribution is 7.98. The second-order valence-corrected chi connectivity index (χ2v) is 5.83. The highest BCUT2D eigenvalue weighted by Gasteiger charge is 2.23. The van der Waals surface area contributed by atoms with Crippen LogP contribution in [-0.4, -0.2) is 42.0 Å². The fraction of sp³-hybridized carbons (Fsp3) is 0.714. The van der Waals surface area contributed by atoms with Gasteiger partial charge in [0.15, 0.2) is 5.16 Å². The Balaban J connectivity index is 1.98. The van der Waals surface area contributed by atoms with E-state index in [1.165, 1.54) is 0 Å². The molecule has 0 aliphatic carbocycles. The molecule has 6 heteroatoms. The quantitative estimate of drug-likeness (QED) is 0.596. The summed E-state index contributed by atoms with van der Waals surface area (Å²) in [6.45, 7) is 6.98. The number of rotatable bonds is 7. The number of hydrogen-bond acceptors (Lipinski definition) is 6. The Bertz CT molecular complexity index is 430. The lowest BCUT2D eigenvalue weighted by Crippen LogP contribution is -2.21. The number of hydrogen-bond donors (Lipinski definition) is 2. The largest absolute Gasteiger partial charge is 0.378 e. The van der Waals surface area contributed by atoms with Gasteiger partial charge in [0.25, 0.3) is 0 Å². The second-order valence-electron chi connectivity index (χ2n) is 5.06. The van der Waals surface area contributed by atoms with Crippen LogP contribution < -0.4 is 10.6 Å². The molecule has 20 heavy (non-hydrogen) atoms. The Kier molecular flexibility index (Phi) is 5.91. The molecule has 2 rings (SSSR count). The van der Waals surface area contributed by atoms with E-state index in [1.807, 2.05) is 12.3 Å². The average Bonchev–Trinajstić information content (AvgIpc) is 2.88. The van der Waals surface area contributed by atoms with E-state index in [2.05, 4.69) is 34.4 Å². The number of aromatic nitrogens is 2. The van der Waals surface area contributed by atoms with Crippen LogP contribution in [0.2, 0.25) is 0 Å². The molecule has 0 aromatic carbocycles. The fourth-order valence-electron chi connectivity index (χ4n) is 2.23. The molecule has 1 aromatic rings. The zero-order valence-electron chi connectivity index (χ0n) is 12.5. The number of thioether (sulfide) groups is 1. The van der Waals surface area contributed by atoms with E-state index in [0.29, 0.717) is 12.0 Å². The molecule has 1 saturated heterocycles. The SMILES string of the molecule is CCCNc1cc(NCC2CCOC2C)nc(SC)n1. The Morgan fingerprint density at radius 2 is 2.10 bits per heavy atom. The third kappa shape index (κ3) is 4.24. The van der Waals surface area contributed by atoms with E-state index in [9.17, 15) is 0 Å². The molecule has 0 spiro atoms. The van der Waals surface area contributed by atoms with Gasteiger partial charge in [-0.05, 0) is 26.0 Å². The Morgan fingerprint density at radius 1 is 1.35 bits per heavy atom. The van der Waals surface area contributed by atoms with Gasteiger partial charge in [0.1, 0.15) is 11.6 Å². The van der Waals surface area contributed by atoms with Crippen molar-refractivity contribution in [3.8, 4) is 0 Å². The molecule has 1 fully saturated rings. The summed E-state index contributed by atoms with van der Waals surface area (Å²) < 4.78 is 5.59. The molecule has 1 aliphatic heterocycles. The molecule has 5 nitrogen and oxygen atoms in total. The predicted molar refractivity (Wildman–Crippen MR) is 84.6 cm³/mol. The minimum atomic E-state index is 0.335. The summed E-state index contributed by atoms with van der Waals surface area (Å²) in [5, 5.41) is 7.54. The normalized spacial score (nSPS) is 21.9. The van der Waals surface area contributed by atoms with Crippen LogP contribution >= 0.6 is 11.8 Å². The van der Waals surface area contributed by atoms with E-state index >= 15 is 0 Å². The van der Waals surface area contributed by atoms with Crippen LogP contribution in [0.3, 0.4) is 0 Å². The molecule has 112 valence electrons. The second kappa shape index (κ2) is 7.69. The molecule has 2 unspecified atom stereocenters. The smallest absolute Gasteiger partial charge is 0.191 e. The van der Waals surface area contributed by atoms with Gasteiger partial charge in [0.2, 0.25) is 0 Å². The van der Waals surface area contributed by atoms with Gasteiger partial charge in [0, 0.05) is 31.7 Å². The van der Waals surface area contributed by atoms with E-state index in [4.69, 9.17) is 4.74 Å². The van der Waals surface area contributed by atoms with Crippen LogP contribution in [0.1, 0.15) is 26.7 Å². The van der Waals surface area contributed by atoms with Crippen LogP contribution in [-0.2, 0) is 4.74 Å². The molecule has 0 bridgehead atoms. The highest BCUT2D eigenvalue weighted by Crippen LogP contribution is 2.22. The molecule has 2 atom stereocenters. The van der Waals surface area contributed by atoms with E-state index < -0.39 is 0 Å². The summed E-state index contributed by atoms with van der Waals surface area (Å²) in [7, 11) is 0. The zero-order valence-corrected chi connectivity index (χ0v) is 13.3. The van der Waals surface area contributed by atoms with Crippen LogP contribution in [0.15, 0.2) is 11.2 Å². The molecule has 1 aromatic heterocycles. The van der Waals surface area contributed by atoms with Gasteiger partial charge in [-0.2, -0.15) is 0 Å². The fourth-order valence-corrected chi connectivity index (χ4v) is 2.61. The van der Waals surface area contributed by atoms with Crippen molar-refractivity contribution in [2.24, 2.45) is 5.92 Å². The van der Waals surface area contributed by atoms with Crippen LogP contribution in [0.5, 0.6) is 0 Å². The van der Waals surface area contributed by atoms with Gasteiger partial charge in [-0.25, -0.2) is 9.97 Å². The first-order valence-electron chi connectivity index (χ1n) is 7.25. The first-order valence-corrected chi connectivity index (χ1v) is 8.47. The Hall–Kier alpha value is -1.01. The predicted octanol–water partition coefficient (Wildman–Crippen LogP) is 2.86. The summed E-state index contributed by atoms with van der Waals surface area (Å²) in [4.78, 5) is 8.97. The minimum absolute atomic E-state index is 0.335. The standard InChI is InChI=1S/C14H24N4OS/c1-4-6-15-12-8-13(18-14(17-12)20-3)16-9-11-5-7-19-10(11)2/h8,10-11H,4-7,9H2,1-3H3,(H2,15,16,17,18). The topological polar surface area (TPSA) is 59.1 Å². The van der Waals surface area contributed by atoms with Gasteiger partial charge >= 0.3 is 0 Å². The molecule has 0 saturated carbocycles. The van der Waals surface area contributed by atoms with Gasteiger partial charge in [0.05, 0.1) is 6.10 Å². The number of nitrogens with one attached hydrogen (secondary N) is 2. The van der Waals surface area contributed by atoms with Crippen LogP contribution in [0.25, 0.3) is 0 Å². The van der Waals surface area contributed by atoms with Gasteiger partial charge in [-0.15, -0.1) is 0 Å².